The van der Waals surface area contributed by atoms with Gasteiger partial charge in [0.15, 0.2) is 11.5 Å². The summed E-state index contributed by atoms with van der Waals surface area (Å²) in [5.74, 6) is -0.0488. The van der Waals surface area contributed by atoms with E-state index in [0.29, 0.717) is 23.7 Å². The minimum absolute atomic E-state index is 0.466. The second-order valence-electron chi connectivity index (χ2n) is 3.81. The van der Waals surface area contributed by atoms with Gasteiger partial charge in [-0.2, -0.15) is 0 Å². The Hall–Kier alpha value is -1.75. The molecule has 0 bridgehead atoms. The van der Waals surface area contributed by atoms with Crippen molar-refractivity contribution < 1.29 is 19.4 Å². The molecule has 0 aliphatic heterocycles. The van der Waals surface area contributed by atoms with Crippen molar-refractivity contribution in [3.05, 3.63) is 23.8 Å². The molecule has 1 unspecified atom stereocenters. The highest BCUT2D eigenvalue weighted by Crippen LogP contribution is 2.31. The van der Waals surface area contributed by atoms with E-state index in [4.69, 9.17) is 20.3 Å². The molecule has 0 aromatic heterocycles. The summed E-state index contributed by atoms with van der Waals surface area (Å²) in [6, 6.07) is 4.86. The van der Waals surface area contributed by atoms with Crippen LogP contribution in [0.15, 0.2) is 18.2 Å². The maximum atomic E-state index is 11.0. The van der Waals surface area contributed by atoms with Crippen LogP contribution in [0.25, 0.3) is 0 Å². The molecule has 1 rings (SSSR count). The third-order valence-corrected chi connectivity index (χ3v) is 2.51. The zero-order valence-corrected chi connectivity index (χ0v) is 10.2. The van der Waals surface area contributed by atoms with Crippen LogP contribution in [-0.4, -0.2) is 24.8 Å². The average molecular weight is 239 g/mol. The molecule has 0 saturated carbocycles. The molecule has 0 amide bonds. The fourth-order valence-corrected chi connectivity index (χ4v) is 1.39. The quantitative estimate of drug-likeness (QED) is 0.810. The minimum atomic E-state index is -1.45. The molecular formula is C12H17NO4. The molecule has 0 saturated heterocycles. The Bertz CT molecular complexity index is 415. The molecule has 5 heteroatoms. The zero-order valence-electron chi connectivity index (χ0n) is 10.2. The number of hydrogen-bond donors (Lipinski definition) is 2. The Morgan fingerprint density at radius 2 is 2.12 bits per heavy atom. The van der Waals surface area contributed by atoms with E-state index in [0.717, 1.165) is 0 Å². The van der Waals surface area contributed by atoms with Gasteiger partial charge in [0.1, 0.15) is 5.54 Å². The lowest BCUT2D eigenvalue weighted by Gasteiger charge is -2.21. The van der Waals surface area contributed by atoms with E-state index in [1.165, 1.54) is 14.0 Å². The van der Waals surface area contributed by atoms with E-state index in [-0.39, 0.29) is 0 Å². The summed E-state index contributed by atoms with van der Waals surface area (Å²) in [4.78, 5) is 11.0. The van der Waals surface area contributed by atoms with Gasteiger partial charge < -0.3 is 20.3 Å². The lowest BCUT2D eigenvalue weighted by Crippen LogP contribution is -2.41. The Morgan fingerprint density at radius 1 is 1.47 bits per heavy atom. The second-order valence-corrected chi connectivity index (χ2v) is 3.81. The summed E-state index contributed by atoms with van der Waals surface area (Å²) in [6.07, 6.45) is 0. The molecule has 1 aromatic carbocycles. The number of benzene rings is 1. The van der Waals surface area contributed by atoms with E-state index < -0.39 is 11.5 Å². The van der Waals surface area contributed by atoms with E-state index in [9.17, 15) is 4.79 Å². The molecule has 0 aliphatic carbocycles. The predicted octanol–water partition coefficient (Wildman–Crippen LogP) is 1.35. The van der Waals surface area contributed by atoms with Gasteiger partial charge in [0.25, 0.3) is 0 Å². The first-order chi connectivity index (χ1) is 7.93. The highest BCUT2D eigenvalue weighted by atomic mass is 16.5. The van der Waals surface area contributed by atoms with Crippen molar-refractivity contribution in [1.82, 2.24) is 0 Å². The summed E-state index contributed by atoms with van der Waals surface area (Å²) < 4.78 is 10.5. The molecule has 1 atom stereocenters. The molecule has 1 aromatic rings. The van der Waals surface area contributed by atoms with Gasteiger partial charge in [-0.3, -0.25) is 0 Å². The molecule has 0 fully saturated rings. The first kappa shape index (κ1) is 13.3. The topological polar surface area (TPSA) is 81.8 Å². The number of carboxylic acids is 1. The summed E-state index contributed by atoms with van der Waals surface area (Å²) in [5, 5.41) is 9.04. The number of methoxy groups -OCH3 is 1. The monoisotopic (exact) mass is 239 g/mol. The van der Waals surface area contributed by atoms with Gasteiger partial charge >= 0.3 is 5.97 Å². The predicted molar refractivity (Wildman–Crippen MR) is 63.3 cm³/mol. The Kier molecular flexibility index (Phi) is 3.96. The van der Waals surface area contributed by atoms with Gasteiger partial charge in [-0.1, -0.05) is 6.07 Å². The Balaban J connectivity index is 3.20. The van der Waals surface area contributed by atoms with Crippen molar-refractivity contribution in [2.45, 2.75) is 19.4 Å². The molecule has 5 nitrogen and oxygen atoms in total. The molecule has 0 heterocycles. The number of nitrogens with two attached hydrogens (primary N) is 1. The van der Waals surface area contributed by atoms with Crippen LogP contribution in [0, 0.1) is 0 Å². The maximum absolute atomic E-state index is 11.0. The lowest BCUT2D eigenvalue weighted by atomic mass is 9.93. The van der Waals surface area contributed by atoms with E-state index in [1.807, 2.05) is 6.92 Å². The van der Waals surface area contributed by atoms with E-state index in [1.54, 1.807) is 18.2 Å². The van der Waals surface area contributed by atoms with Gasteiger partial charge in [0.2, 0.25) is 0 Å². The number of hydrogen-bond acceptors (Lipinski definition) is 4. The van der Waals surface area contributed by atoms with Crippen molar-refractivity contribution in [2.75, 3.05) is 13.7 Å². The standard InChI is InChI=1S/C12H17NO4/c1-4-17-10-7-8(5-6-9(10)16-3)12(2,13)11(14)15/h5-7H,4,13H2,1-3H3,(H,14,15). The van der Waals surface area contributed by atoms with E-state index in [2.05, 4.69) is 0 Å². The number of ether oxygens (including phenoxy) is 2. The molecular weight excluding hydrogens is 222 g/mol. The number of rotatable bonds is 5. The average Bonchev–Trinajstić information content (AvgIpc) is 2.29. The molecule has 17 heavy (non-hydrogen) atoms. The Morgan fingerprint density at radius 3 is 2.59 bits per heavy atom. The van der Waals surface area contributed by atoms with Gasteiger partial charge in [-0.25, -0.2) is 4.79 Å². The molecule has 3 N–H and O–H groups in total. The van der Waals surface area contributed by atoms with Crippen LogP contribution < -0.4 is 15.2 Å². The minimum Gasteiger partial charge on any atom is -0.493 e. The van der Waals surface area contributed by atoms with Crippen LogP contribution in [0.4, 0.5) is 0 Å². The van der Waals surface area contributed by atoms with E-state index >= 15 is 0 Å². The molecule has 0 radical (unpaired) electrons. The zero-order chi connectivity index (χ0) is 13.1. The highest BCUT2D eigenvalue weighted by Gasteiger charge is 2.31. The smallest absolute Gasteiger partial charge is 0.328 e. The first-order valence-corrected chi connectivity index (χ1v) is 5.27. The van der Waals surface area contributed by atoms with Crippen molar-refractivity contribution >= 4 is 5.97 Å². The van der Waals surface area contributed by atoms with Gasteiger partial charge in [0, 0.05) is 0 Å². The summed E-state index contributed by atoms with van der Waals surface area (Å²) >= 11 is 0. The molecule has 94 valence electrons. The normalized spacial score (nSPS) is 13.9. The molecule has 0 aliphatic rings. The fourth-order valence-electron chi connectivity index (χ4n) is 1.39. The van der Waals surface area contributed by atoms with Gasteiger partial charge in [-0.15, -0.1) is 0 Å². The van der Waals surface area contributed by atoms with Crippen LogP contribution in [0.3, 0.4) is 0 Å². The van der Waals surface area contributed by atoms with Crippen LogP contribution in [-0.2, 0) is 10.3 Å². The lowest BCUT2D eigenvalue weighted by molar-refractivity contribution is -0.143. The SMILES string of the molecule is CCOc1cc(C(C)(N)C(=O)O)ccc1OC. The van der Waals surface area contributed by atoms with Gasteiger partial charge in [0.05, 0.1) is 13.7 Å². The van der Waals surface area contributed by atoms with Crippen LogP contribution >= 0.6 is 0 Å². The molecule has 0 spiro atoms. The van der Waals surface area contributed by atoms with Crippen LogP contribution in [0.5, 0.6) is 11.5 Å². The summed E-state index contributed by atoms with van der Waals surface area (Å²) in [5.41, 5.74) is 4.76. The van der Waals surface area contributed by atoms with Crippen molar-refractivity contribution in [2.24, 2.45) is 5.73 Å². The third kappa shape index (κ3) is 2.68. The van der Waals surface area contributed by atoms with Crippen molar-refractivity contribution in [1.29, 1.82) is 0 Å². The summed E-state index contributed by atoms with van der Waals surface area (Å²) in [7, 11) is 1.52. The largest absolute Gasteiger partial charge is 0.493 e. The van der Waals surface area contributed by atoms with Crippen LogP contribution in [0.1, 0.15) is 19.4 Å². The maximum Gasteiger partial charge on any atom is 0.328 e. The first-order valence-electron chi connectivity index (χ1n) is 5.27. The summed E-state index contributed by atoms with van der Waals surface area (Å²) in [6.45, 7) is 3.74. The van der Waals surface area contributed by atoms with Gasteiger partial charge in [-0.05, 0) is 31.5 Å². The third-order valence-electron chi connectivity index (χ3n) is 2.51. The van der Waals surface area contributed by atoms with Crippen LogP contribution in [0.2, 0.25) is 0 Å². The van der Waals surface area contributed by atoms with Crippen molar-refractivity contribution in [3.8, 4) is 11.5 Å². The number of carbonyl (C=O) groups is 1. The fraction of sp³-hybridized carbons (Fsp3) is 0.417. The number of aliphatic carboxylic acids is 1. The Labute approximate surface area is 100 Å². The second kappa shape index (κ2) is 5.05. The highest BCUT2D eigenvalue weighted by molar-refractivity contribution is 5.80. The number of carboxylic acid groups (broad SMARTS) is 1. The van der Waals surface area contributed by atoms with Crippen molar-refractivity contribution in [3.63, 3.8) is 0 Å².